The smallest absolute Gasteiger partial charge is 0.336 e. The van der Waals surface area contributed by atoms with Crippen LogP contribution in [0.1, 0.15) is 5.56 Å². The molecule has 0 aliphatic rings. The van der Waals surface area contributed by atoms with Crippen molar-refractivity contribution < 1.29 is 13.9 Å². The number of benzene rings is 2. The largest absolute Gasteiger partial charge is 0.484 e. The van der Waals surface area contributed by atoms with Crippen LogP contribution in [-0.2, 0) is 4.79 Å². The van der Waals surface area contributed by atoms with Gasteiger partial charge in [-0.25, -0.2) is 9.78 Å². The Kier molecular flexibility index (Phi) is 5.76. The van der Waals surface area contributed by atoms with Crippen molar-refractivity contribution in [1.82, 2.24) is 4.98 Å². The normalized spacial score (nSPS) is 10.9. The molecule has 2 heterocycles. The van der Waals surface area contributed by atoms with Crippen LogP contribution in [0.3, 0.4) is 0 Å². The van der Waals surface area contributed by atoms with Crippen molar-refractivity contribution in [3.8, 4) is 17.0 Å². The van der Waals surface area contributed by atoms with E-state index in [1.807, 2.05) is 6.92 Å². The van der Waals surface area contributed by atoms with E-state index in [-0.39, 0.29) is 12.5 Å². The van der Waals surface area contributed by atoms with Crippen LogP contribution in [-0.4, -0.2) is 17.5 Å². The molecule has 2 aromatic carbocycles. The highest BCUT2D eigenvalue weighted by atomic mass is 35.5. The maximum atomic E-state index is 12.2. The molecule has 9 heteroatoms. The number of hydrogen-bond donors (Lipinski definition) is 1. The van der Waals surface area contributed by atoms with Gasteiger partial charge in [-0.15, -0.1) is 11.3 Å². The summed E-state index contributed by atoms with van der Waals surface area (Å²) in [7, 11) is 0. The van der Waals surface area contributed by atoms with E-state index in [1.165, 1.54) is 17.4 Å². The Morgan fingerprint density at radius 2 is 2.03 bits per heavy atom. The number of ether oxygens (including phenoxy) is 1. The van der Waals surface area contributed by atoms with Crippen molar-refractivity contribution in [3.05, 3.63) is 73.9 Å². The molecule has 0 spiro atoms. The molecule has 152 valence electrons. The average molecular weight is 461 g/mol. The summed E-state index contributed by atoms with van der Waals surface area (Å²) in [6, 6.07) is 11.6. The second kappa shape index (κ2) is 8.47. The zero-order valence-electron chi connectivity index (χ0n) is 15.6. The molecule has 1 N–H and O–H groups in total. The molecule has 0 radical (unpaired) electrons. The van der Waals surface area contributed by atoms with Crippen LogP contribution in [0.4, 0.5) is 5.13 Å². The molecule has 0 unspecified atom stereocenters. The van der Waals surface area contributed by atoms with Crippen LogP contribution >= 0.6 is 34.5 Å². The van der Waals surface area contributed by atoms with Crippen LogP contribution in [0, 0.1) is 6.92 Å². The summed E-state index contributed by atoms with van der Waals surface area (Å²) < 4.78 is 10.7. The molecule has 0 atom stereocenters. The standard InChI is InChI=1S/C21H14Cl2N2O4S/c1-11-6-20(27)29-18-8-13(3-5-14(11)18)28-9-19(26)25-21-24-17(10-30-21)15-4-2-12(22)7-16(15)23/h2-8,10H,9H2,1H3,(H,24,25,26). The van der Waals surface area contributed by atoms with Crippen LogP contribution in [0.5, 0.6) is 5.75 Å². The van der Waals surface area contributed by atoms with Crippen molar-refractivity contribution in [2.75, 3.05) is 11.9 Å². The average Bonchev–Trinajstić information content (AvgIpc) is 3.14. The number of carbonyl (C=O) groups is 1. The predicted octanol–water partition coefficient (Wildman–Crippen LogP) is 5.55. The Morgan fingerprint density at radius 1 is 1.20 bits per heavy atom. The second-order valence-corrected chi connectivity index (χ2v) is 8.11. The van der Waals surface area contributed by atoms with Gasteiger partial charge in [0, 0.05) is 33.5 Å². The van der Waals surface area contributed by atoms with Gasteiger partial charge in [0.05, 0.1) is 10.7 Å². The Labute approximate surface area is 185 Å². The minimum Gasteiger partial charge on any atom is -0.484 e. The lowest BCUT2D eigenvalue weighted by atomic mass is 10.1. The molecule has 2 aromatic heterocycles. The molecule has 0 aliphatic heterocycles. The van der Waals surface area contributed by atoms with Gasteiger partial charge in [-0.1, -0.05) is 23.2 Å². The summed E-state index contributed by atoms with van der Waals surface area (Å²) >= 11 is 13.4. The second-order valence-electron chi connectivity index (χ2n) is 6.41. The summed E-state index contributed by atoms with van der Waals surface area (Å²) in [5.74, 6) is 0.0445. The number of nitrogens with one attached hydrogen (secondary N) is 1. The lowest BCUT2D eigenvalue weighted by Gasteiger charge is -2.07. The van der Waals surface area contributed by atoms with E-state index in [1.54, 1.807) is 41.8 Å². The lowest BCUT2D eigenvalue weighted by molar-refractivity contribution is -0.118. The molecular formula is C21H14Cl2N2O4S. The number of aromatic nitrogens is 1. The van der Waals surface area contributed by atoms with Gasteiger partial charge in [0.1, 0.15) is 11.3 Å². The first-order valence-corrected chi connectivity index (χ1v) is 10.4. The van der Waals surface area contributed by atoms with Crippen molar-refractivity contribution in [2.45, 2.75) is 6.92 Å². The monoisotopic (exact) mass is 460 g/mol. The quantitative estimate of drug-likeness (QED) is 0.394. The van der Waals surface area contributed by atoms with Crippen molar-refractivity contribution in [1.29, 1.82) is 0 Å². The van der Waals surface area contributed by atoms with E-state index in [2.05, 4.69) is 10.3 Å². The van der Waals surface area contributed by atoms with Crippen molar-refractivity contribution in [2.24, 2.45) is 0 Å². The summed E-state index contributed by atoms with van der Waals surface area (Å²) in [5.41, 5.74) is 2.14. The van der Waals surface area contributed by atoms with E-state index in [0.29, 0.717) is 32.2 Å². The highest BCUT2D eigenvalue weighted by molar-refractivity contribution is 7.14. The van der Waals surface area contributed by atoms with Crippen LogP contribution < -0.4 is 15.7 Å². The fourth-order valence-electron chi connectivity index (χ4n) is 2.85. The van der Waals surface area contributed by atoms with Crippen molar-refractivity contribution in [3.63, 3.8) is 0 Å². The molecule has 0 saturated heterocycles. The first kappa shape index (κ1) is 20.4. The molecule has 0 fully saturated rings. The number of halogens is 2. The molecule has 30 heavy (non-hydrogen) atoms. The van der Waals surface area contributed by atoms with Gasteiger partial charge in [0.25, 0.3) is 5.91 Å². The minimum atomic E-state index is -0.435. The number of carbonyl (C=O) groups excluding carboxylic acids is 1. The maximum absolute atomic E-state index is 12.2. The SMILES string of the molecule is Cc1cc(=O)oc2cc(OCC(=O)Nc3nc(-c4ccc(Cl)cc4Cl)cs3)ccc12. The number of aryl methyl sites for hydroxylation is 1. The summed E-state index contributed by atoms with van der Waals surface area (Å²) in [6.07, 6.45) is 0. The third-order valence-corrected chi connectivity index (χ3v) is 5.56. The fraction of sp³-hybridized carbons (Fsp3) is 0.0952. The number of rotatable bonds is 5. The zero-order valence-corrected chi connectivity index (χ0v) is 17.9. The highest BCUT2D eigenvalue weighted by Crippen LogP contribution is 2.32. The van der Waals surface area contributed by atoms with Gasteiger partial charge in [-0.3, -0.25) is 10.1 Å². The van der Waals surface area contributed by atoms with Gasteiger partial charge in [0.2, 0.25) is 0 Å². The first-order chi connectivity index (χ1) is 14.4. The van der Waals surface area contributed by atoms with Gasteiger partial charge in [-0.05, 0) is 42.8 Å². The van der Waals surface area contributed by atoms with E-state index >= 15 is 0 Å². The first-order valence-electron chi connectivity index (χ1n) is 8.77. The molecule has 0 bridgehead atoms. The summed E-state index contributed by atoms with van der Waals surface area (Å²) in [6.45, 7) is 1.60. The van der Waals surface area contributed by atoms with E-state index < -0.39 is 5.63 Å². The van der Waals surface area contributed by atoms with Gasteiger partial charge in [-0.2, -0.15) is 0 Å². The Bertz CT molecular complexity index is 1320. The van der Waals surface area contributed by atoms with Crippen LogP contribution in [0.15, 0.2) is 57.1 Å². The number of thiazole rings is 1. The Morgan fingerprint density at radius 3 is 2.83 bits per heavy atom. The predicted molar refractivity (Wildman–Crippen MR) is 119 cm³/mol. The molecule has 0 saturated carbocycles. The fourth-order valence-corrected chi connectivity index (χ4v) is 4.08. The maximum Gasteiger partial charge on any atom is 0.336 e. The molecule has 0 aliphatic carbocycles. The van der Waals surface area contributed by atoms with E-state index in [4.69, 9.17) is 32.4 Å². The molecule has 6 nitrogen and oxygen atoms in total. The Hall–Kier alpha value is -2.87. The number of anilines is 1. The van der Waals surface area contributed by atoms with Crippen LogP contribution in [0.25, 0.3) is 22.2 Å². The molecule has 1 amide bonds. The highest BCUT2D eigenvalue weighted by Gasteiger charge is 2.12. The van der Waals surface area contributed by atoms with Gasteiger partial charge in [0.15, 0.2) is 11.7 Å². The number of nitrogens with zero attached hydrogens (tertiary/aromatic N) is 1. The Balaban J connectivity index is 1.41. The summed E-state index contributed by atoms with van der Waals surface area (Å²) in [4.78, 5) is 28.1. The third kappa shape index (κ3) is 4.48. The molecule has 4 aromatic rings. The minimum absolute atomic E-state index is 0.224. The third-order valence-electron chi connectivity index (χ3n) is 4.25. The lowest BCUT2D eigenvalue weighted by Crippen LogP contribution is -2.20. The van der Waals surface area contributed by atoms with Crippen LogP contribution in [0.2, 0.25) is 10.0 Å². The molecule has 4 rings (SSSR count). The number of hydrogen-bond acceptors (Lipinski definition) is 6. The molecular weight excluding hydrogens is 447 g/mol. The van der Waals surface area contributed by atoms with Gasteiger partial charge < -0.3 is 9.15 Å². The number of amides is 1. The topological polar surface area (TPSA) is 81.4 Å². The van der Waals surface area contributed by atoms with Crippen molar-refractivity contribution >= 4 is 56.5 Å². The summed E-state index contributed by atoms with van der Waals surface area (Å²) in [5, 5.41) is 6.72. The zero-order chi connectivity index (χ0) is 21.3. The van der Waals surface area contributed by atoms with E-state index in [9.17, 15) is 9.59 Å². The van der Waals surface area contributed by atoms with E-state index in [0.717, 1.165) is 16.5 Å². The van der Waals surface area contributed by atoms with Gasteiger partial charge >= 0.3 is 5.63 Å². The number of fused-ring (bicyclic) bond motifs is 1.